The molecule has 5 atom stereocenters. The summed E-state index contributed by atoms with van der Waals surface area (Å²) >= 11 is 0. The van der Waals surface area contributed by atoms with Gasteiger partial charge in [0.05, 0.1) is 12.0 Å². The van der Waals surface area contributed by atoms with Gasteiger partial charge in [-0.3, -0.25) is 4.79 Å². The second kappa shape index (κ2) is 5.21. The van der Waals surface area contributed by atoms with Crippen LogP contribution >= 0.6 is 0 Å². The smallest absolute Gasteiger partial charge is 0.225 e. The van der Waals surface area contributed by atoms with Gasteiger partial charge in [0.25, 0.3) is 0 Å². The summed E-state index contributed by atoms with van der Waals surface area (Å²) in [5, 5.41) is 3.15. The van der Waals surface area contributed by atoms with Crippen LogP contribution in [0.2, 0.25) is 0 Å². The maximum absolute atomic E-state index is 12.5. The highest BCUT2D eigenvalue weighted by Gasteiger charge is 2.49. The van der Waals surface area contributed by atoms with Gasteiger partial charge < -0.3 is 11.1 Å². The van der Waals surface area contributed by atoms with E-state index in [4.69, 9.17) is 5.73 Å². The number of rotatable bonds is 3. The molecule has 108 valence electrons. The van der Waals surface area contributed by atoms with Gasteiger partial charge in [-0.2, -0.15) is 0 Å². The molecule has 1 amide bonds. The Balaban J connectivity index is 1.65. The van der Waals surface area contributed by atoms with Crippen molar-refractivity contribution in [2.24, 2.45) is 23.5 Å². The van der Waals surface area contributed by atoms with Gasteiger partial charge in [-0.1, -0.05) is 29.8 Å². The Labute approximate surface area is 120 Å². The summed E-state index contributed by atoms with van der Waals surface area (Å²) in [6.45, 7) is 4.11. The molecular formula is C17H24N2O. The van der Waals surface area contributed by atoms with Crippen molar-refractivity contribution in [3.63, 3.8) is 0 Å². The summed E-state index contributed by atoms with van der Waals surface area (Å²) in [6.07, 6.45) is 3.54. The van der Waals surface area contributed by atoms with Crippen LogP contribution in [0.5, 0.6) is 0 Å². The van der Waals surface area contributed by atoms with E-state index in [1.807, 2.05) is 6.92 Å². The lowest BCUT2D eigenvalue weighted by atomic mass is 9.84. The Hall–Kier alpha value is -1.35. The van der Waals surface area contributed by atoms with Crippen molar-refractivity contribution in [2.45, 2.75) is 45.2 Å². The average molecular weight is 272 g/mol. The number of amides is 1. The Morgan fingerprint density at radius 1 is 1.25 bits per heavy atom. The fraction of sp³-hybridized carbons (Fsp3) is 0.588. The Morgan fingerprint density at radius 3 is 2.50 bits per heavy atom. The number of aryl methyl sites for hydroxylation is 1. The van der Waals surface area contributed by atoms with Gasteiger partial charge in [0.1, 0.15) is 0 Å². The van der Waals surface area contributed by atoms with Crippen molar-refractivity contribution in [1.82, 2.24) is 5.32 Å². The number of benzene rings is 1. The first kappa shape index (κ1) is 13.6. The molecule has 3 N–H and O–H groups in total. The minimum Gasteiger partial charge on any atom is -0.349 e. The Bertz CT molecular complexity index is 494. The third-order valence-electron chi connectivity index (χ3n) is 5.22. The van der Waals surface area contributed by atoms with Crippen LogP contribution < -0.4 is 11.1 Å². The van der Waals surface area contributed by atoms with Crippen molar-refractivity contribution in [2.75, 3.05) is 0 Å². The first-order valence-corrected chi connectivity index (χ1v) is 7.69. The van der Waals surface area contributed by atoms with Gasteiger partial charge in [-0.25, -0.2) is 0 Å². The molecule has 3 heteroatoms. The fourth-order valence-corrected chi connectivity index (χ4v) is 3.97. The van der Waals surface area contributed by atoms with Crippen molar-refractivity contribution in [3.8, 4) is 0 Å². The second-order valence-electron chi connectivity index (χ2n) is 6.58. The molecule has 0 spiro atoms. The molecule has 2 fully saturated rings. The Kier molecular flexibility index (Phi) is 3.55. The topological polar surface area (TPSA) is 55.1 Å². The van der Waals surface area contributed by atoms with Gasteiger partial charge in [0.2, 0.25) is 5.91 Å². The van der Waals surface area contributed by atoms with Crippen LogP contribution in [0.25, 0.3) is 0 Å². The van der Waals surface area contributed by atoms with Crippen LogP contribution in [0.4, 0.5) is 0 Å². The van der Waals surface area contributed by atoms with Crippen LogP contribution in [-0.2, 0) is 4.79 Å². The van der Waals surface area contributed by atoms with Crippen molar-refractivity contribution in [3.05, 3.63) is 35.4 Å². The summed E-state index contributed by atoms with van der Waals surface area (Å²) < 4.78 is 0. The fourth-order valence-electron chi connectivity index (χ4n) is 3.97. The van der Waals surface area contributed by atoms with Gasteiger partial charge in [-0.15, -0.1) is 0 Å². The number of nitrogens with one attached hydrogen (secondary N) is 1. The van der Waals surface area contributed by atoms with E-state index in [-0.39, 0.29) is 23.9 Å². The number of carbonyl (C=O) groups excluding carboxylic acids is 1. The molecule has 0 aliphatic heterocycles. The molecule has 2 bridgehead atoms. The summed E-state index contributed by atoms with van der Waals surface area (Å²) in [4.78, 5) is 12.5. The summed E-state index contributed by atoms with van der Waals surface area (Å²) in [7, 11) is 0. The standard InChI is InChI=1S/C17H24N2O/c1-10-3-5-12(6-4-10)11(2)19-17(20)15-13-7-8-14(9-13)16(15)18/h3-6,11,13-16H,7-9,18H2,1-2H3,(H,19,20)/t11-,13?,14?,15?,16?/m1/s1. The molecule has 2 aliphatic rings. The number of fused-ring (bicyclic) bond motifs is 2. The van der Waals surface area contributed by atoms with E-state index in [1.54, 1.807) is 0 Å². The average Bonchev–Trinajstić information content (AvgIpc) is 2.99. The van der Waals surface area contributed by atoms with Gasteiger partial charge >= 0.3 is 0 Å². The highest BCUT2D eigenvalue weighted by molar-refractivity contribution is 5.80. The normalized spacial score (nSPS) is 33.1. The van der Waals surface area contributed by atoms with Crippen LogP contribution in [0.3, 0.4) is 0 Å². The molecule has 0 aromatic heterocycles. The molecule has 2 aliphatic carbocycles. The van der Waals surface area contributed by atoms with Gasteiger partial charge in [0.15, 0.2) is 0 Å². The van der Waals surface area contributed by atoms with Crippen LogP contribution in [0, 0.1) is 24.7 Å². The van der Waals surface area contributed by atoms with E-state index in [0.29, 0.717) is 11.8 Å². The first-order chi connectivity index (χ1) is 9.56. The van der Waals surface area contributed by atoms with Crippen LogP contribution in [-0.4, -0.2) is 11.9 Å². The number of hydrogen-bond acceptors (Lipinski definition) is 2. The summed E-state index contributed by atoms with van der Waals surface area (Å²) in [6, 6.07) is 8.46. The molecule has 0 saturated heterocycles. The monoisotopic (exact) mass is 272 g/mol. The number of nitrogens with two attached hydrogens (primary N) is 1. The predicted octanol–water partition coefficient (Wildman–Crippen LogP) is 2.55. The molecule has 4 unspecified atom stereocenters. The third-order valence-corrected chi connectivity index (χ3v) is 5.22. The maximum atomic E-state index is 12.5. The van der Waals surface area contributed by atoms with Crippen LogP contribution in [0.15, 0.2) is 24.3 Å². The molecule has 0 heterocycles. The number of carbonyl (C=O) groups is 1. The lowest BCUT2D eigenvalue weighted by Gasteiger charge is -2.28. The lowest BCUT2D eigenvalue weighted by Crippen LogP contribution is -2.45. The third kappa shape index (κ3) is 2.35. The molecule has 1 aromatic rings. The van der Waals surface area contributed by atoms with E-state index in [2.05, 4.69) is 36.5 Å². The SMILES string of the molecule is Cc1ccc([C@@H](C)NC(=O)C2C3CCC(C3)C2N)cc1. The van der Waals surface area contributed by atoms with E-state index in [9.17, 15) is 4.79 Å². The lowest BCUT2D eigenvalue weighted by molar-refractivity contribution is -0.127. The molecule has 3 rings (SSSR count). The van der Waals surface area contributed by atoms with Crippen molar-refractivity contribution in [1.29, 1.82) is 0 Å². The quantitative estimate of drug-likeness (QED) is 0.888. The summed E-state index contributed by atoms with van der Waals surface area (Å²) in [5.74, 6) is 1.27. The minimum atomic E-state index is 0.0293. The zero-order chi connectivity index (χ0) is 14.3. The van der Waals surface area contributed by atoms with Crippen LogP contribution in [0.1, 0.15) is 43.4 Å². The summed E-state index contributed by atoms with van der Waals surface area (Å²) in [5.41, 5.74) is 8.63. The minimum absolute atomic E-state index is 0.0293. The molecule has 3 nitrogen and oxygen atoms in total. The highest BCUT2D eigenvalue weighted by atomic mass is 16.2. The Morgan fingerprint density at radius 2 is 1.90 bits per heavy atom. The highest BCUT2D eigenvalue weighted by Crippen LogP contribution is 2.47. The zero-order valence-corrected chi connectivity index (χ0v) is 12.3. The zero-order valence-electron chi connectivity index (χ0n) is 12.3. The van der Waals surface area contributed by atoms with Crippen molar-refractivity contribution >= 4 is 5.91 Å². The van der Waals surface area contributed by atoms with E-state index < -0.39 is 0 Å². The maximum Gasteiger partial charge on any atom is 0.225 e. The van der Waals surface area contributed by atoms with Gasteiger partial charge in [-0.05, 0) is 50.5 Å². The van der Waals surface area contributed by atoms with E-state index in [1.165, 1.54) is 18.4 Å². The molecule has 1 aromatic carbocycles. The molecular weight excluding hydrogens is 248 g/mol. The van der Waals surface area contributed by atoms with Crippen molar-refractivity contribution < 1.29 is 4.79 Å². The first-order valence-electron chi connectivity index (χ1n) is 7.69. The predicted molar refractivity (Wildman–Crippen MR) is 80.0 cm³/mol. The molecule has 20 heavy (non-hydrogen) atoms. The second-order valence-corrected chi connectivity index (χ2v) is 6.58. The van der Waals surface area contributed by atoms with E-state index >= 15 is 0 Å². The number of hydrogen-bond donors (Lipinski definition) is 2. The molecule has 2 saturated carbocycles. The molecule has 0 radical (unpaired) electrons. The van der Waals surface area contributed by atoms with Gasteiger partial charge in [0, 0.05) is 6.04 Å². The largest absolute Gasteiger partial charge is 0.349 e. The van der Waals surface area contributed by atoms with E-state index in [0.717, 1.165) is 12.0 Å².